The van der Waals surface area contributed by atoms with Gasteiger partial charge in [-0.2, -0.15) is 0 Å². The Morgan fingerprint density at radius 3 is 2.35 bits per heavy atom. The molecule has 0 radical (unpaired) electrons. The summed E-state index contributed by atoms with van der Waals surface area (Å²) in [7, 11) is 0. The molecule has 0 aliphatic carbocycles. The number of benzene rings is 1. The fourth-order valence-corrected chi connectivity index (χ4v) is 2.27. The second kappa shape index (κ2) is 6.44. The Morgan fingerprint density at radius 1 is 1.09 bits per heavy atom. The summed E-state index contributed by atoms with van der Waals surface area (Å²) >= 11 is 0. The number of esters is 1. The van der Waals surface area contributed by atoms with Gasteiger partial charge in [-0.25, -0.2) is 9.18 Å². The van der Waals surface area contributed by atoms with Gasteiger partial charge in [0.15, 0.2) is 6.10 Å². The second-order valence-corrected chi connectivity index (χ2v) is 5.01. The molecule has 0 saturated heterocycles. The lowest BCUT2D eigenvalue weighted by molar-refractivity contribution is 0.0376. The molecule has 1 unspecified atom stereocenters. The van der Waals surface area contributed by atoms with Crippen molar-refractivity contribution >= 4 is 5.97 Å². The van der Waals surface area contributed by atoms with Gasteiger partial charge >= 0.3 is 5.97 Å². The number of nitrogens with zero attached hydrogens (tertiary/aromatic N) is 1. The first kappa shape index (κ1) is 15.0. The van der Waals surface area contributed by atoms with E-state index in [1.165, 1.54) is 18.4 Å². The zero-order valence-corrected chi connectivity index (χ0v) is 12.4. The molecule has 116 valence electrons. The zero-order valence-electron chi connectivity index (χ0n) is 12.4. The number of pyridine rings is 1. The van der Waals surface area contributed by atoms with Crippen LogP contribution in [0.5, 0.6) is 0 Å². The molecule has 1 atom stereocenters. The van der Waals surface area contributed by atoms with E-state index >= 15 is 0 Å². The number of halogens is 1. The maximum absolute atomic E-state index is 13.2. The van der Waals surface area contributed by atoms with Gasteiger partial charge in [-0.1, -0.05) is 12.1 Å². The van der Waals surface area contributed by atoms with Crippen molar-refractivity contribution in [2.75, 3.05) is 0 Å². The first-order chi connectivity index (χ1) is 11.1. The van der Waals surface area contributed by atoms with Crippen molar-refractivity contribution in [3.63, 3.8) is 0 Å². The molecule has 23 heavy (non-hydrogen) atoms. The number of aryl methyl sites for hydroxylation is 1. The summed E-state index contributed by atoms with van der Waals surface area (Å²) in [5.41, 5.74) is 1.79. The van der Waals surface area contributed by atoms with E-state index in [1.54, 1.807) is 49.6 Å². The molecule has 3 aromatic rings. The van der Waals surface area contributed by atoms with Crippen molar-refractivity contribution in [1.29, 1.82) is 0 Å². The summed E-state index contributed by atoms with van der Waals surface area (Å²) in [6.45, 7) is 1.69. The Hall–Kier alpha value is -2.95. The van der Waals surface area contributed by atoms with Gasteiger partial charge in [0.2, 0.25) is 0 Å². The molecule has 0 amide bonds. The lowest BCUT2D eigenvalue weighted by Crippen LogP contribution is -2.13. The van der Waals surface area contributed by atoms with E-state index in [2.05, 4.69) is 4.98 Å². The number of carbonyl (C=O) groups excluding carboxylic acids is 1. The van der Waals surface area contributed by atoms with Crippen molar-refractivity contribution in [2.24, 2.45) is 0 Å². The summed E-state index contributed by atoms with van der Waals surface area (Å²) in [5.74, 6) is -0.357. The van der Waals surface area contributed by atoms with E-state index in [9.17, 15) is 9.18 Å². The first-order valence-electron chi connectivity index (χ1n) is 7.05. The van der Waals surface area contributed by atoms with E-state index in [-0.39, 0.29) is 5.82 Å². The number of aromatic nitrogens is 1. The van der Waals surface area contributed by atoms with Gasteiger partial charge in [-0.15, -0.1) is 0 Å². The maximum atomic E-state index is 13.2. The van der Waals surface area contributed by atoms with Crippen molar-refractivity contribution < 1.29 is 18.3 Å². The van der Waals surface area contributed by atoms with Crippen LogP contribution in [-0.2, 0) is 4.74 Å². The molecule has 0 fully saturated rings. The molecule has 4 nitrogen and oxygen atoms in total. The van der Waals surface area contributed by atoms with Gasteiger partial charge in [-0.05, 0) is 42.8 Å². The standard InChI is InChI=1S/C18H14FNO3/c1-12-16(8-11-22-12)18(21)23-17(14-6-9-20-10-7-14)13-2-4-15(19)5-3-13/h2-11,17H,1H3. The van der Waals surface area contributed by atoms with Crippen LogP contribution in [0.4, 0.5) is 4.39 Å². The van der Waals surface area contributed by atoms with E-state index in [0.717, 1.165) is 5.56 Å². The van der Waals surface area contributed by atoms with E-state index in [1.807, 2.05) is 0 Å². The van der Waals surface area contributed by atoms with Crippen LogP contribution >= 0.6 is 0 Å². The number of rotatable bonds is 4. The molecule has 0 saturated carbocycles. The molecule has 0 aliphatic rings. The highest BCUT2D eigenvalue weighted by Gasteiger charge is 2.22. The second-order valence-electron chi connectivity index (χ2n) is 5.01. The van der Waals surface area contributed by atoms with Gasteiger partial charge in [0.1, 0.15) is 17.1 Å². The maximum Gasteiger partial charge on any atom is 0.342 e. The SMILES string of the molecule is Cc1occc1C(=O)OC(c1ccncc1)c1ccc(F)cc1. The predicted molar refractivity (Wildman–Crippen MR) is 81.3 cm³/mol. The first-order valence-corrected chi connectivity index (χ1v) is 7.05. The average molecular weight is 311 g/mol. The minimum Gasteiger partial charge on any atom is -0.469 e. The number of hydrogen-bond acceptors (Lipinski definition) is 4. The summed E-state index contributed by atoms with van der Waals surface area (Å²) in [6, 6.07) is 10.9. The normalized spacial score (nSPS) is 11.9. The molecule has 0 N–H and O–H groups in total. The highest BCUT2D eigenvalue weighted by atomic mass is 19.1. The summed E-state index contributed by atoms with van der Waals surface area (Å²) in [5, 5.41) is 0. The van der Waals surface area contributed by atoms with Crippen LogP contribution in [0.3, 0.4) is 0 Å². The molecule has 5 heteroatoms. The molecule has 1 aromatic carbocycles. The molecule has 0 spiro atoms. The quantitative estimate of drug-likeness (QED) is 0.682. The lowest BCUT2D eigenvalue weighted by Gasteiger charge is -2.18. The smallest absolute Gasteiger partial charge is 0.342 e. The minimum absolute atomic E-state index is 0.348. The Balaban J connectivity index is 1.94. The van der Waals surface area contributed by atoms with Crippen molar-refractivity contribution in [3.05, 3.63) is 89.4 Å². The Bertz CT molecular complexity index is 797. The van der Waals surface area contributed by atoms with Crippen LogP contribution in [0.15, 0.2) is 65.5 Å². The molecule has 3 rings (SSSR count). The van der Waals surface area contributed by atoms with Crippen molar-refractivity contribution in [2.45, 2.75) is 13.0 Å². The Kier molecular flexibility index (Phi) is 4.19. The summed E-state index contributed by atoms with van der Waals surface area (Å²) in [4.78, 5) is 16.3. The number of furan rings is 1. The number of ether oxygens (including phenoxy) is 1. The van der Waals surface area contributed by atoms with Crippen LogP contribution in [0.25, 0.3) is 0 Å². The molecule has 2 aromatic heterocycles. The predicted octanol–water partition coefficient (Wildman–Crippen LogP) is 4.07. The third-order valence-electron chi connectivity index (χ3n) is 3.49. The average Bonchev–Trinajstić information content (AvgIpc) is 3.00. The zero-order chi connectivity index (χ0) is 16.2. The third-order valence-corrected chi connectivity index (χ3v) is 3.49. The molecule has 0 aliphatic heterocycles. The summed E-state index contributed by atoms with van der Waals surface area (Å²) < 4.78 is 23.9. The van der Waals surface area contributed by atoms with Gasteiger partial charge in [0.05, 0.1) is 6.26 Å². The van der Waals surface area contributed by atoms with E-state index in [0.29, 0.717) is 16.9 Å². The molecular formula is C18H14FNO3. The summed E-state index contributed by atoms with van der Waals surface area (Å²) in [6.07, 6.45) is 4.01. The fourth-order valence-electron chi connectivity index (χ4n) is 2.27. The van der Waals surface area contributed by atoms with Crippen LogP contribution in [0.2, 0.25) is 0 Å². The Morgan fingerprint density at radius 2 is 1.74 bits per heavy atom. The number of hydrogen-bond donors (Lipinski definition) is 0. The monoisotopic (exact) mass is 311 g/mol. The van der Waals surface area contributed by atoms with Crippen LogP contribution in [-0.4, -0.2) is 11.0 Å². The lowest BCUT2D eigenvalue weighted by atomic mass is 10.0. The van der Waals surface area contributed by atoms with Gasteiger partial charge in [0.25, 0.3) is 0 Å². The van der Waals surface area contributed by atoms with Gasteiger partial charge < -0.3 is 9.15 Å². The highest BCUT2D eigenvalue weighted by molar-refractivity contribution is 5.90. The van der Waals surface area contributed by atoms with E-state index < -0.39 is 12.1 Å². The topological polar surface area (TPSA) is 52.3 Å². The minimum atomic E-state index is -0.652. The van der Waals surface area contributed by atoms with Crippen LogP contribution in [0.1, 0.15) is 33.3 Å². The molecule has 0 bridgehead atoms. The van der Waals surface area contributed by atoms with Gasteiger partial charge in [-0.3, -0.25) is 4.98 Å². The van der Waals surface area contributed by atoms with E-state index in [4.69, 9.17) is 9.15 Å². The Labute approximate surface area is 132 Å². The van der Waals surface area contributed by atoms with Crippen LogP contribution < -0.4 is 0 Å². The van der Waals surface area contributed by atoms with Crippen molar-refractivity contribution in [1.82, 2.24) is 4.98 Å². The van der Waals surface area contributed by atoms with Gasteiger partial charge in [0, 0.05) is 18.0 Å². The third kappa shape index (κ3) is 3.29. The number of carbonyl (C=O) groups is 1. The molecule has 2 heterocycles. The largest absolute Gasteiger partial charge is 0.469 e. The highest BCUT2D eigenvalue weighted by Crippen LogP contribution is 2.27. The fraction of sp³-hybridized carbons (Fsp3) is 0.111. The van der Waals surface area contributed by atoms with Crippen LogP contribution in [0, 0.1) is 12.7 Å². The van der Waals surface area contributed by atoms with Crippen molar-refractivity contribution in [3.8, 4) is 0 Å². The molecular weight excluding hydrogens is 297 g/mol.